The number of carbonyl (C=O) groups excluding carboxylic acids is 1. The summed E-state index contributed by atoms with van der Waals surface area (Å²) in [5.74, 6) is 0.525. The maximum atomic E-state index is 14.0. The summed E-state index contributed by atoms with van der Waals surface area (Å²) in [6.45, 7) is 14.6. The fourth-order valence-electron chi connectivity index (χ4n) is 6.95. The lowest BCUT2D eigenvalue weighted by molar-refractivity contribution is -0.175. The Hall–Kier alpha value is -2.69. The van der Waals surface area contributed by atoms with Crippen LogP contribution in [0.15, 0.2) is 42.5 Å². The molecular weight excluding hydrogens is 579 g/mol. The number of amides is 1. The molecule has 4 aromatic rings. The molecule has 4 heterocycles. The number of rotatable bonds is 7. The molecule has 228 valence electrons. The molecule has 0 radical (unpaired) electrons. The fraction of sp³-hybridized carbons (Fsp3) is 0.471. The normalized spacial score (nSPS) is 19.6. The molecule has 0 saturated carbocycles. The summed E-state index contributed by atoms with van der Waals surface area (Å²) in [6.07, 6.45) is 3.73. The maximum Gasteiger partial charge on any atom is 0.294 e. The standard InChI is InChI=1S/C34H41N3O4S2/c1-21-13-14-27(40-20-23-18-33(3,4)41-34(5,6)19-23)29-25(32(38)36-43(39)37-15-9-10-16-37)17-26(35-30(21)29)31-22(2)24-11-7-8-12-28(24)42-31/h7-8,11-14,17,23H,9-10,15-16,18-20H2,1-6H3,(H,36,38). The molecule has 0 spiro atoms. The molecular formula is C34H41N3O4S2. The molecule has 9 heteroatoms. The van der Waals surface area contributed by atoms with Crippen LogP contribution in [0.5, 0.6) is 5.75 Å². The Morgan fingerprint density at radius 1 is 1.12 bits per heavy atom. The first-order chi connectivity index (χ1) is 20.4. The number of hydrogen-bond donors (Lipinski definition) is 1. The first-order valence-electron chi connectivity index (χ1n) is 15.1. The van der Waals surface area contributed by atoms with Gasteiger partial charge in [-0.3, -0.25) is 4.79 Å². The van der Waals surface area contributed by atoms with E-state index in [9.17, 15) is 9.35 Å². The van der Waals surface area contributed by atoms with Crippen LogP contribution in [0.4, 0.5) is 0 Å². The number of fused-ring (bicyclic) bond motifs is 2. The topological polar surface area (TPSA) is 86.8 Å². The molecule has 1 N–H and O–H groups in total. The predicted molar refractivity (Wildman–Crippen MR) is 176 cm³/mol. The van der Waals surface area contributed by atoms with E-state index in [-0.39, 0.29) is 17.1 Å². The van der Waals surface area contributed by atoms with Gasteiger partial charge in [-0.2, -0.15) is 0 Å². The Kier molecular flexibility index (Phi) is 8.23. The summed E-state index contributed by atoms with van der Waals surface area (Å²) in [6, 6.07) is 14.1. The van der Waals surface area contributed by atoms with Crippen molar-refractivity contribution in [2.75, 3.05) is 19.7 Å². The molecule has 1 unspecified atom stereocenters. The SMILES string of the molecule is Cc1c(-c2cc(C(=O)N[S+]([O-])N3CCCC3)c3c(OCC4CC(C)(C)OC(C)(C)C4)ccc(C)c3n2)sc2ccccc12. The van der Waals surface area contributed by atoms with Gasteiger partial charge in [-0.15, -0.1) is 20.4 Å². The summed E-state index contributed by atoms with van der Waals surface area (Å²) in [5, 5.41) is 1.84. The van der Waals surface area contributed by atoms with Crippen molar-refractivity contribution in [2.45, 2.75) is 78.4 Å². The zero-order valence-corrected chi connectivity index (χ0v) is 27.5. The number of benzene rings is 2. The monoisotopic (exact) mass is 619 g/mol. The molecule has 2 aliphatic rings. The Balaban J connectivity index is 1.43. The maximum absolute atomic E-state index is 14.0. The van der Waals surface area contributed by atoms with E-state index in [0.29, 0.717) is 42.3 Å². The number of aryl methyl sites for hydroxylation is 2. The molecule has 2 fully saturated rings. The van der Waals surface area contributed by atoms with Crippen molar-refractivity contribution in [3.8, 4) is 16.3 Å². The minimum Gasteiger partial charge on any atom is -0.573 e. The van der Waals surface area contributed by atoms with Crippen LogP contribution in [0, 0.1) is 19.8 Å². The van der Waals surface area contributed by atoms with Crippen LogP contribution >= 0.6 is 11.3 Å². The molecule has 2 aliphatic heterocycles. The Morgan fingerprint density at radius 2 is 1.81 bits per heavy atom. The van der Waals surface area contributed by atoms with Crippen molar-refractivity contribution >= 4 is 49.8 Å². The van der Waals surface area contributed by atoms with Crippen LogP contribution in [-0.2, 0) is 16.3 Å². The van der Waals surface area contributed by atoms with E-state index in [1.807, 2.05) is 41.6 Å². The largest absolute Gasteiger partial charge is 0.573 e. The van der Waals surface area contributed by atoms with Crippen molar-refractivity contribution in [1.29, 1.82) is 0 Å². The zero-order valence-electron chi connectivity index (χ0n) is 25.9. The van der Waals surface area contributed by atoms with Gasteiger partial charge < -0.3 is 14.0 Å². The summed E-state index contributed by atoms with van der Waals surface area (Å²) in [4.78, 5) is 20.1. The average molecular weight is 620 g/mol. The van der Waals surface area contributed by atoms with Gasteiger partial charge in [0.05, 0.1) is 44.8 Å². The predicted octanol–water partition coefficient (Wildman–Crippen LogP) is 7.50. The molecule has 2 aromatic heterocycles. The molecule has 0 aliphatic carbocycles. The molecule has 43 heavy (non-hydrogen) atoms. The summed E-state index contributed by atoms with van der Waals surface area (Å²) in [7, 11) is 0. The van der Waals surface area contributed by atoms with E-state index in [2.05, 4.69) is 51.5 Å². The molecule has 7 nitrogen and oxygen atoms in total. The van der Waals surface area contributed by atoms with Gasteiger partial charge in [-0.25, -0.2) is 4.98 Å². The second kappa shape index (κ2) is 11.7. The van der Waals surface area contributed by atoms with E-state index in [4.69, 9.17) is 14.5 Å². The van der Waals surface area contributed by atoms with Crippen LogP contribution in [0.3, 0.4) is 0 Å². The van der Waals surface area contributed by atoms with Gasteiger partial charge in [0.1, 0.15) is 5.75 Å². The fourth-order valence-corrected chi connectivity index (χ4v) is 9.11. The molecule has 2 aromatic carbocycles. The van der Waals surface area contributed by atoms with Crippen molar-refractivity contribution in [3.63, 3.8) is 0 Å². The number of ether oxygens (including phenoxy) is 2. The number of pyridine rings is 1. The van der Waals surface area contributed by atoms with Gasteiger partial charge in [0.2, 0.25) is 0 Å². The minimum atomic E-state index is -1.61. The third kappa shape index (κ3) is 6.28. The van der Waals surface area contributed by atoms with Crippen LogP contribution in [0.1, 0.15) is 74.9 Å². The number of aromatic nitrogens is 1. The van der Waals surface area contributed by atoms with E-state index < -0.39 is 11.5 Å². The van der Waals surface area contributed by atoms with Gasteiger partial charge in [-0.1, -0.05) is 24.3 Å². The highest BCUT2D eigenvalue weighted by molar-refractivity contribution is 7.87. The van der Waals surface area contributed by atoms with E-state index in [1.165, 1.54) is 10.1 Å². The van der Waals surface area contributed by atoms with Gasteiger partial charge >= 0.3 is 0 Å². The van der Waals surface area contributed by atoms with Gasteiger partial charge in [-0.05, 0) is 108 Å². The lowest BCUT2D eigenvalue weighted by Crippen LogP contribution is -2.46. The lowest BCUT2D eigenvalue weighted by Gasteiger charge is -2.45. The van der Waals surface area contributed by atoms with Crippen LogP contribution < -0.4 is 9.46 Å². The molecule has 1 atom stereocenters. The van der Waals surface area contributed by atoms with E-state index in [0.717, 1.165) is 52.9 Å². The van der Waals surface area contributed by atoms with Crippen LogP contribution in [0.25, 0.3) is 31.6 Å². The van der Waals surface area contributed by atoms with Crippen molar-refractivity contribution in [2.24, 2.45) is 5.92 Å². The second-order valence-electron chi connectivity index (χ2n) is 13.2. The highest BCUT2D eigenvalue weighted by Crippen LogP contribution is 2.42. The third-order valence-electron chi connectivity index (χ3n) is 8.51. The molecule has 6 rings (SSSR count). The van der Waals surface area contributed by atoms with Crippen LogP contribution in [-0.4, -0.2) is 50.6 Å². The number of thiophene rings is 1. The third-order valence-corrected chi connectivity index (χ3v) is 11.0. The quantitative estimate of drug-likeness (QED) is 0.216. The number of hydrogen-bond acceptors (Lipinski definition) is 7. The molecule has 0 bridgehead atoms. The summed E-state index contributed by atoms with van der Waals surface area (Å²) in [5.41, 5.74) is 3.48. The number of nitrogens with one attached hydrogen (secondary N) is 1. The Labute approximate surface area is 261 Å². The van der Waals surface area contributed by atoms with E-state index >= 15 is 0 Å². The Bertz CT molecular complexity index is 1660. The van der Waals surface area contributed by atoms with Crippen molar-refractivity contribution in [1.82, 2.24) is 14.0 Å². The van der Waals surface area contributed by atoms with Gasteiger partial charge in [0.15, 0.2) is 11.5 Å². The highest BCUT2D eigenvalue weighted by atomic mass is 32.2. The van der Waals surface area contributed by atoms with Gasteiger partial charge in [0, 0.05) is 17.8 Å². The van der Waals surface area contributed by atoms with Crippen molar-refractivity contribution < 1.29 is 18.8 Å². The molecule has 1 amide bonds. The first kappa shape index (κ1) is 30.3. The number of carbonyl (C=O) groups is 1. The smallest absolute Gasteiger partial charge is 0.294 e. The van der Waals surface area contributed by atoms with Crippen LogP contribution in [0.2, 0.25) is 0 Å². The summed E-state index contributed by atoms with van der Waals surface area (Å²) < 4.78 is 31.8. The number of nitrogens with zero attached hydrogens (tertiary/aromatic N) is 2. The average Bonchev–Trinajstić information content (AvgIpc) is 3.59. The van der Waals surface area contributed by atoms with Crippen molar-refractivity contribution in [3.05, 3.63) is 59.2 Å². The lowest BCUT2D eigenvalue weighted by atomic mass is 9.81. The summed E-state index contributed by atoms with van der Waals surface area (Å²) >= 11 is 0.0609. The second-order valence-corrected chi connectivity index (χ2v) is 15.5. The zero-order chi connectivity index (χ0) is 30.5. The molecule has 2 saturated heterocycles. The minimum absolute atomic E-state index is 0.242. The Morgan fingerprint density at radius 3 is 2.51 bits per heavy atom. The first-order valence-corrected chi connectivity index (χ1v) is 17.1. The van der Waals surface area contributed by atoms with E-state index in [1.54, 1.807) is 11.3 Å². The van der Waals surface area contributed by atoms with Gasteiger partial charge in [0.25, 0.3) is 5.91 Å². The highest BCUT2D eigenvalue weighted by Gasteiger charge is 2.39.